The molecule has 2 nitrogen and oxygen atoms in total. The van der Waals surface area contributed by atoms with Crippen molar-refractivity contribution in [2.45, 2.75) is 33.1 Å². The van der Waals surface area contributed by atoms with Crippen molar-refractivity contribution in [3.8, 4) is 0 Å². The Morgan fingerprint density at radius 2 is 1.79 bits per heavy atom. The number of rotatable bonds is 1. The van der Waals surface area contributed by atoms with Crippen molar-refractivity contribution in [2.24, 2.45) is 0 Å². The van der Waals surface area contributed by atoms with Crippen LogP contribution in [0.2, 0.25) is 0 Å². The van der Waals surface area contributed by atoms with Gasteiger partial charge >= 0.3 is 0 Å². The van der Waals surface area contributed by atoms with Crippen LogP contribution in [0.1, 0.15) is 33.3 Å². The Labute approximate surface area is 85.3 Å². The van der Waals surface area contributed by atoms with Crippen molar-refractivity contribution in [2.75, 3.05) is 0 Å². The van der Waals surface area contributed by atoms with E-state index < -0.39 is 0 Å². The van der Waals surface area contributed by atoms with Gasteiger partial charge in [-0.2, -0.15) is 0 Å². The van der Waals surface area contributed by atoms with Crippen LogP contribution in [0.15, 0.2) is 24.3 Å². The van der Waals surface area contributed by atoms with Gasteiger partial charge in [0.05, 0.1) is 5.69 Å². The summed E-state index contributed by atoms with van der Waals surface area (Å²) in [6.07, 6.45) is 0. The van der Waals surface area contributed by atoms with E-state index in [-0.39, 0.29) is 11.3 Å². The molecular weight excluding hydrogens is 174 g/mol. The Morgan fingerprint density at radius 3 is 2.29 bits per heavy atom. The lowest BCUT2D eigenvalue weighted by molar-refractivity contribution is -0.118. The first-order valence-electron chi connectivity index (χ1n) is 4.73. The van der Waals surface area contributed by atoms with Gasteiger partial charge in [0.2, 0.25) is 5.91 Å². The van der Waals surface area contributed by atoms with Crippen LogP contribution in [-0.4, -0.2) is 5.91 Å². The Morgan fingerprint density at radius 1 is 1.21 bits per heavy atom. The van der Waals surface area contributed by atoms with E-state index in [1.807, 2.05) is 24.3 Å². The minimum atomic E-state index is -0.151. The minimum Gasteiger partial charge on any atom is -0.273 e. The van der Waals surface area contributed by atoms with Crippen LogP contribution >= 0.6 is 0 Å². The topological polar surface area (TPSA) is 31.2 Å². The molecule has 1 aromatic rings. The normalized spacial score (nSPS) is 11.1. The summed E-state index contributed by atoms with van der Waals surface area (Å²) >= 11 is 0. The maximum absolute atomic E-state index is 10.9. The first-order valence-corrected chi connectivity index (χ1v) is 4.73. The highest BCUT2D eigenvalue weighted by atomic mass is 16.1. The number of carbonyl (C=O) groups is 1. The van der Waals surface area contributed by atoms with E-state index >= 15 is 0 Å². The molecule has 0 spiro atoms. The molecule has 1 radical (unpaired) electrons. The van der Waals surface area contributed by atoms with Gasteiger partial charge in [-0.25, -0.2) is 5.32 Å². The zero-order valence-electron chi connectivity index (χ0n) is 9.16. The number of hydrogen-bond donors (Lipinski definition) is 0. The Bertz CT molecular complexity index is 336. The fraction of sp³-hybridized carbons (Fsp3) is 0.417. The lowest BCUT2D eigenvalue weighted by Gasteiger charge is -2.21. The van der Waals surface area contributed by atoms with E-state index in [0.717, 1.165) is 11.3 Å². The van der Waals surface area contributed by atoms with Gasteiger partial charge in [-0.1, -0.05) is 39.0 Å². The maximum Gasteiger partial charge on any atom is 0.243 e. The summed E-state index contributed by atoms with van der Waals surface area (Å²) < 4.78 is 0. The van der Waals surface area contributed by atoms with Crippen molar-refractivity contribution in [3.05, 3.63) is 29.8 Å². The summed E-state index contributed by atoms with van der Waals surface area (Å²) in [4.78, 5) is 10.9. The van der Waals surface area contributed by atoms with Gasteiger partial charge in [0.15, 0.2) is 0 Å². The fourth-order valence-electron chi connectivity index (χ4n) is 1.37. The van der Waals surface area contributed by atoms with E-state index in [0.29, 0.717) is 0 Å². The zero-order valence-corrected chi connectivity index (χ0v) is 9.16. The van der Waals surface area contributed by atoms with Crippen LogP contribution in [0.3, 0.4) is 0 Å². The highest BCUT2D eigenvalue weighted by molar-refractivity contribution is 5.79. The molecule has 0 aliphatic carbocycles. The summed E-state index contributed by atoms with van der Waals surface area (Å²) in [6.45, 7) is 7.81. The van der Waals surface area contributed by atoms with Crippen LogP contribution in [0.5, 0.6) is 0 Å². The molecule has 1 aromatic carbocycles. The monoisotopic (exact) mass is 190 g/mol. The molecule has 0 atom stereocenters. The first-order chi connectivity index (χ1) is 6.41. The molecule has 1 rings (SSSR count). The zero-order chi connectivity index (χ0) is 10.8. The highest BCUT2D eigenvalue weighted by Crippen LogP contribution is 2.29. The number of amides is 1. The molecule has 0 fully saturated rings. The Kier molecular flexibility index (Phi) is 2.94. The number of carbonyl (C=O) groups excluding carboxylic acids is 1. The summed E-state index contributed by atoms with van der Waals surface area (Å²) in [5, 5.41) is 3.99. The largest absolute Gasteiger partial charge is 0.273 e. The molecule has 0 unspecified atom stereocenters. The predicted octanol–water partition coefficient (Wildman–Crippen LogP) is 2.77. The molecule has 0 aromatic heterocycles. The second-order valence-corrected chi connectivity index (χ2v) is 4.40. The maximum atomic E-state index is 10.9. The van der Waals surface area contributed by atoms with Gasteiger partial charge in [0.25, 0.3) is 0 Å². The van der Waals surface area contributed by atoms with Crippen molar-refractivity contribution in [1.29, 1.82) is 0 Å². The van der Waals surface area contributed by atoms with E-state index in [1.165, 1.54) is 6.92 Å². The van der Waals surface area contributed by atoms with Crippen LogP contribution in [0.4, 0.5) is 5.69 Å². The molecule has 1 amide bonds. The predicted molar refractivity (Wildman–Crippen MR) is 57.6 cm³/mol. The second kappa shape index (κ2) is 3.82. The third-order valence-corrected chi connectivity index (χ3v) is 1.99. The average molecular weight is 190 g/mol. The van der Waals surface area contributed by atoms with Gasteiger partial charge in [0, 0.05) is 6.92 Å². The second-order valence-electron chi connectivity index (χ2n) is 4.40. The van der Waals surface area contributed by atoms with Crippen molar-refractivity contribution in [3.63, 3.8) is 0 Å². The molecule has 0 saturated carbocycles. The molecule has 0 aliphatic heterocycles. The molecule has 0 bridgehead atoms. The summed E-state index contributed by atoms with van der Waals surface area (Å²) in [5.41, 5.74) is 1.91. The van der Waals surface area contributed by atoms with Gasteiger partial charge in [-0.3, -0.25) is 4.79 Å². The number of hydrogen-bond acceptors (Lipinski definition) is 1. The fourth-order valence-corrected chi connectivity index (χ4v) is 1.37. The molecule has 75 valence electrons. The third-order valence-electron chi connectivity index (χ3n) is 1.99. The van der Waals surface area contributed by atoms with Gasteiger partial charge in [-0.15, -0.1) is 0 Å². The SMILES string of the molecule is CC(=O)[N]c1ccccc1C(C)(C)C. The summed E-state index contributed by atoms with van der Waals surface area (Å²) in [5.74, 6) is -0.151. The highest BCUT2D eigenvalue weighted by Gasteiger charge is 2.18. The Hall–Kier alpha value is -1.31. The molecule has 0 aliphatic rings. The lowest BCUT2D eigenvalue weighted by atomic mass is 9.86. The Balaban J connectivity index is 3.10. The quantitative estimate of drug-likeness (QED) is 0.670. The molecule has 14 heavy (non-hydrogen) atoms. The van der Waals surface area contributed by atoms with Gasteiger partial charge < -0.3 is 0 Å². The van der Waals surface area contributed by atoms with Crippen molar-refractivity contribution >= 4 is 11.6 Å². The van der Waals surface area contributed by atoms with Crippen LogP contribution in [0.25, 0.3) is 0 Å². The first kappa shape index (κ1) is 10.8. The van der Waals surface area contributed by atoms with Gasteiger partial charge in [-0.05, 0) is 17.0 Å². The smallest absolute Gasteiger partial charge is 0.243 e. The standard InChI is InChI=1S/C12H16NO/c1-9(14)13-11-8-6-5-7-10(11)12(2,3)4/h5-8H,1-4H3. The van der Waals surface area contributed by atoms with Gasteiger partial charge in [0.1, 0.15) is 0 Å². The molecule has 0 heterocycles. The van der Waals surface area contributed by atoms with E-state index in [4.69, 9.17) is 0 Å². The molecule has 2 heteroatoms. The van der Waals surface area contributed by atoms with E-state index in [9.17, 15) is 4.79 Å². The lowest BCUT2D eigenvalue weighted by Crippen LogP contribution is -2.16. The van der Waals surface area contributed by atoms with Crippen LogP contribution in [0, 0.1) is 0 Å². The van der Waals surface area contributed by atoms with E-state index in [1.54, 1.807) is 0 Å². The van der Waals surface area contributed by atoms with Crippen molar-refractivity contribution < 1.29 is 4.79 Å². The third kappa shape index (κ3) is 2.59. The average Bonchev–Trinajstić information content (AvgIpc) is 2.01. The van der Waals surface area contributed by atoms with Crippen LogP contribution < -0.4 is 5.32 Å². The molecule has 0 N–H and O–H groups in total. The van der Waals surface area contributed by atoms with Crippen LogP contribution in [-0.2, 0) is 10.2 Å². The summed E-state index contributed by atoms with van der Waals surface area (Å²) in [7, 11) is 0. The minimum absolute atomic E-state index is 0.0234. The van der Waals surface area contributed by atoms with Crippen molar-refractivity contribution in [1.82, 2.24) is 5.32 Å². The summed E-state index contributed by atoms with van der Waals surface area (Å²) in [6, 6.07) is 7.76. The number of nitrogens with zero attached hydrogens (tertiary/aromatic N) is 1. The molecular formula is C12H16NO. The number of para-hydroxylation sites is 1. The van der Waals surface area contributed by atoms with E-state index in [2.05, 4.69) is 26.1 Å². The number of benzene rings is 1. The molecule has 0 saturated heterocycles.